The highest BCUT2D eigenvalue weighted by molar-refractivity contribution is 6.46. The van der Waals surface area contributed by atoms with Gasteiger partial charge in [0.2, 0.25) is 0 Å². The third kappa shape index (κ3) is 3.75. The van der Waals surface area contributed by atoms with E-state index in [1.807, 2.05) is 32.0 Å². The Hall–Kier alpha value is -4.26. The minimum Gasteiger partial charge on any atom is -0.497 e. The molecule has 7 nitrogen and oxygen atoms in total. The molecule has 0 atom stereocenters. The van der Waals surface area contributed by atoms with E-state index in [1.165, 1.54) is 4.90 Å². The number of nitrogens with one attached hydrogen (secondary N) is 1. The van der Waals surface area contributed by atoms with Crippen LogP contribution < -0.4 is 24.4 Å². The molecule has 34 heavy (non-hydrogen) atoms. The van der Waals surface area contributed by atoms with Gasteiger partial charge in [-0.05, 0) is 54.8 Å². The molecule has 1 N–H and O–H groups in total. The number of amides is 2. The topological polar surface area (TPSA) is 77.1 Å². The summed E-state index contributed by atoms with van der Waals surface area (Å²) in [7, 11) is 1.54. The van der Waals surface area contributed by atoms with Crippen molar-refractivity contribution in [2.45, 2.75) is 13.8 Å². The lowest BCUT2D eigenvalue weighted by Crippen LogP contribution is -2.32. The molecule has 3 aromatic rings. The average molecular weight is 456 g/mol. The number of aryl methyl sites for hydroxylation is 2. The van der Waals surface area contributed by atoms with Crippen molar-refractivity contribution in [3.05, 3.63) is 83.1 Å². The molecule has 0 saturated carbocycles. The number of carbonyl (C=O) groups excluding carboxylic acids is 2. The first-order valence-corrected chi connectivity index (χ1v) is 11.0. The van der Waals surface area contributed by atoms with Crippen LogP contribution in [-0.2, 0) is 9.59 Å². The van der Waals surface area contributed by atoms with Gasteiger partial charge >= 0.3 is 0 Å². The normalized spacial score (nSPS) is 15.1. The van der Waals surface area contributed by atoms with E-state index in [-0.39, 0.29) is 5.70 Å². The molecule has 7 heteroatoms. The summed E-state index contributed by atoms with van der Waals surface area (Å²) in [5.74, 6) is 0.944. The van der Waals surface area contributed by atoms with Crippen molar-refractivity contribution in [1.29, 1.82) is 0 Å². The quantitative estimate of drug-likeness (QED) is 0.571. The summed E-state index contributed by atoms with van der Waals surface area (Å²) in [6.07, 6.45) is 0. The molecule has 0 aromatic heterocycles. The van der Waals surface area contributed by atoms with Crippen LogP contribution in [0.4, 0.5) is 11.4 Å². The molecule has 2 heterocycles. The zero-order chi connectivity index (χ0) is 23.8. The van der Waals surface area contributed by atoms with Gasteiger partial charge in [0.25, 0.3) is 11.8 Å². The van der Waals surface area contributed by atoms with Gasteiger partial charge in [0.15, 0.2) is 11.5 Å². The molecule has 0 fully saturated rings. The number of fused-ring (bicyclic) bond motifs is 1. The monoisotopic (exact) mass is 456 g/mol. The van der Waals surface area contributed by atoms with Crippen molar-refractivity contribution in [2.75, 3.05) is 30.5 Å². The Labute approximate surface area is 197 Å². The van der Waals surface area contributed by atoms with Crippen LogP contribution in [0.25, 0.3) is 5.57 Å². The van der Waals surface area contributed by atoms with Gasteiger partial charge < -0.3 is 19.5 Å². The van der Waals surface area contributed by atoms with E-state index in [2.05, 4.69) is 5.32 Å². The lowest BCUT2D eigenvalue weighted by Gasteiger charge is -2.19. The lowest BCUT2D eigenvalue weighted by molar-refractivity contribution is -0.120. The molecule has 2 aliphatic rings. The predicted octanol–water partition coefficient (Wildman–Crippen LogP) is 4.48. The number of ether oxygens (including phenoxy) is 3. The third-order valence-corrected chi connectivity index (χ3v) is 6.00. The maximum absolute atomic E-state index is 13.7. The molecular weight excluding hydrogens is 432 g/mol. The number of hydrogen-bond acceptors (Lipinski definition) is 6. The van der Waals surface area contributed by atoms with Crippen molar-refractivity contribution in [2.24, 2.45) is 0 Å². The average Bonchev–Trinajstić information content (AvgIpc) is 3.09. The van der Waals surface area contributed by atoms with E-state index in [4.69, 9.17) is 14.2 Å². The summed E-state index contributed by atoms with van der Waals surface area (Å²) >= 11 is 0. The number of anilines is 2. The fraction of sp³-hybridized carbons (Fsp3) is 0.185. The van der Waals surface area contributed by atoms with Gasteiger partial charge in [-0.15, -0.1) is 0 Å². The maximum Gasteiger partial charge on any atom is 0.282 e. The van der Waals surface area contributed by atoms with E-state index in [0.717, 1.165) is 11.1 Å². The zero-order valence-corrected chi connectivity index (χ0v) is 19.2. The van der Waals surface area contributed by atoms with Crippen LogP contribution in [0.5, 0.6) is 17.2 Å². The van der Waals surface area contributed by atoms with Crippen molar-refractivity contribution in [3.63, 3.8) is 0 Å². The van der Waals surface area contributed by atoms with E-state index in [1.54, 1.807) is 49.6 Å². The van der Waals surface area contributed by atoms with Crippen LogP contribution in [0.1, 0.15) is 16.7 Å². The Kier molecular flexibility index (Phi) is 5.45. The molecular formula is C27H24N2O5. The summed E-state index contributed by atoms with van der Waals surface area (Å²) in [6.45, 7) is 4.93. The van der Waals surface area contributed by atoms with Crippen LogP contribution in [-0.4, -0.2) is 32.1 Å². The maximum atomic E-state index is 13.7. The van der Waals surface area contributed by atoms with Gasteiger partial charge in [0.05, 0.1) is 18.4 Å². The fourth-order valence-electron chi connectivity index (χ4n) is 4.06. The van der Waals surface area contributed by atoms with Crippen LogP contribution in [0.3, 0.4) is 0 Å². The Balaban J connectivity index is 1.60. The third-order valence-electron chi connectivity index (χ3n) is 6.00. The van der Waals surface area contributed by atoms with Crippen LogP contribution >= 0.6 is 0 Å². The largest absolute Gasteiger partial charge is 0.497 e. The van der Waals surface area contributed by atoms with Crippen LogP contribution in [0.15, 0.2) is 66.4 Å². The van der Waals surface area contributed by atoms with Gasteiger partial charge in [-0.1, -0.05) is 24.3 Å². The van der Waals surface area contributed by atoms with Gasteiger partial charge in [-0.25, -0.2) is 4.90 Å². The molecule has 172 valence electrons. The Bertz CT molecular complexity index is 1340. The number of hydrogen-bond donors (Lipinski definition) is 1. The zero-order valence-electron chi connectivity index (χ0n) is 19.2. The first-order valence-electron chi connectivity index (χ1n) is 11.0. The van der Waals surface area contributed by atoms with E-state index in [0.29, 0.717) is 53.0 Å². The second kappa shape index (κ2) is 8.59. The summed E-state index contributed by atoms with van der Waals surface area (Å²) < 4.78 is 16.6. The van der Waals surface area contributed by atoms with Gasteiger partial charge in [0.1, 0.15) is 24.7 Å². The smallest absolute Gasteiger partial charge is 0.282 e. The van der Waals surface area contributed by atoms with E-state index in [9.17, 15) is 9.59 Å². The summed E-state index contributed by atoms with van der Waals surface area (Å²) in [6, 6.07) is 18.0. The summed E-state index contributed by atoms with van der Waals surface area (Å²) in [5, 5.41) is 3.18. The Morgan fingerprint density at radius 2 is 1.65 bits per heavy atom. The van der Waals surface area contributed by atoms with E-state index >= 15 is 0 Å². The number of methoxy groups -OCH3 is 1. The van der Waals surface area contributed by atoms with E-state index < -0.39 is 11.8 Å². The molecule has 0 saturated heterocycles. The predicted molar refractivity (Wildman–Crippen MR) is 129 cm³/mol. The van der Waals surface area contributed by atoms with Crippen LogP contribution in [0.2, 0.25) is 0 Å². The molecule has 0 radical (unpaired) electrons. The molecule has 0 unspecified atom stereocenters. The highest BCUT2D eigenvalue weighted by Crippen LogP contribution is 2.37. The second-order valence-electron chi connectivity index (χ2n) is 8.18. The summed E-state index contributed by atoms with van der Waals surface area (Å²) in [5.41, 5.74) is 4.38. The number of benzene rings is 3. The standard InChI is InChI=1S/C27H24N2O5/c1-16-7-8-18(13-17(16)2)24-25(28-19-9-10-22-23(14-19)34-12-11-33-22)27(31)29(26(24)30)20-5-4-6-21(15-20)32-3/h4-10,13-15,28H,11-12H2,1-3H3. The van der Waals surface area contributed by atoms with Crippen LogP contribution in [0, 0.1) is 13.8 Å². The lowest BCUT2D eigenvalue weighted by atomic mass is 9.99. The highest BCUT2D eigenvalue weighted by Gasteiger charge is 2.40. The van der Waals surface area contributed by atoms with Gasteiger partial charge in [0, 0.05) is 17.8 Å². The fourth-order valence-corrected chi connectivity index (χ4v) is 4.06. The van der Waals surface area contributed by atoms with Crippen molar-refractivity contribution >= 4 is 28.8 Å². The van der Waals surface area contributed by atoms with Crippen molar-refractivity contribution in [3.8, 4) is 17.2 Å². The molecule has 2 amide bonds. The number of imide groups is 1. The number of rotatable bonds is 5. The summed E-state index contributed by atoms with van der Waals surface area (Å²) in [4.78, 5) is 28.5. The minimum absolute atomic E-state index is 0.202. The first kappa shape index (κ1) is 21.6. The molecule has 3 aromatic carbocycles. The first-order chi connectivity index (χ1) is 16.5. The molecule has 0 aliphatic carbocycles. The Morgan fingerprint density at radius 1 is 0.853 bits per heavy atom. The van der Waals surface area contributed by atoms with Gasteiger partial charge in [-0.3, -0.25) is 9.59 Å². The van der Waals surface area contributed by atoms with Crippen molar-refractivity contribution in [1.82, 2.24) is 0 Å². The second-order valence-corrected chi connectivity index (χ2v) is 8.18. The highest BCUT2D eigenvalue weighted by atomic mass is 16.6. The molecule has 5 rings (SSSR count). The SMILES string of the molecule is COc1cccc(N2C(=O)C(Nc3ccc4c(c3)OCCO4)=C(c3ccc(C)c(C)c3)C2=O)c1. The number of carbonyl (C=O) groups is 2. The Morgan fingerprint density at radius 3 is 2.41 bits per heavy atom. The van der Waals surface area contributed by atoms with Crippen molar-refractivity contribution < 1.29 is 23.8 Å². The molecule has 0 spiro atoms. The van der Waals surface area contributed by atoms with Gasteiger partial charge in [-0.2, -0.15) is 0 Å². The number of nitrogens with zero attached hydrogens (tertiary/aromatic N) is 1. The minimum atomic E-state index is -0.443. The molecule has 2 aliphatic heterocycles. The molecule has 0 bridgehead atoms.